The number of unbranched alkanes of at least 4 members (excludes halogenated alkanes) is 2. The lowest BCUT2D eigenvalue weighted by molar-refractivity contribution is -0.129. The fraction of sp³-hybridized carbons (Fsp3) is 0.483. The Kier molecular flexibility index (Phi) is 13.8. The van der Waals surface area contributed by atoms with E-state index in [4.69, 9.17) is 14.7 Å². The molecule has 2 aromatic rings. The molecule has 2 bridgehead atoms. The number of fused-ring (bicyclic) bond motifs is 3. The lowest BCUT2D eigenvalue weighted by Gasteiger charge is -2.21. The van der Waals surface area contributed by atoms with Crippen molar-refractivity contribution < 1.29 is 29.1 Å². The maximum atomic E-state index is 13.3. The Morgan fingerprint density at radius 3 is 2.59 bits per heavy atom. The molecule has 214 valence electrons. The van der Waals surface area contributed by atoms with Crippen molar-refractivity contribution in [3.8, 4) is 11.5 Å². The van der Waals surface area contributed by atoms with Gasteiger partial charge in [0, 0.05) is 19.0 Å². The zero-order valence-corrected chi connectivity index (χ0v) is 23.4. The summed E-state index contributed by atoms with van der Waals surface area (Å²) in [6, 6.07) is 10.7. The molecule has 1 aliphatic heterocycles. The highest BCUT2D eigenvalue weighted by atomic mass is 16.5. The van der Waals surface area contributed by atoms with Crippen LogP contribution in [0.2, 0.25) is 0 Å². The van der Waals surface area contributed by atoms with Gasteiger partial charge in [-0.2, -0.15) is 0 Å². The van der Waals surface area contributed by atoms with Gasteiger partial charge in [0.2, 0.25) is 17.7 Å². The molecule has 0 aliphatic carbocycles. The van der Waals surface area contributed by atoms with Gasteiger partial charge in [-0.05, 0) is 73.7 Å². The molecule has 3 rings (SSSR count). The van der Waals surface area contributed by atoms with E-state index in [-0.39, 0.29) is 24.8 Å². The van der Waals surface area contributed by atoms with Gasteiger partial charge in [-0.1, -0.05) is 32.8 Å². The van der Waals surface area contributed by atoms with E-state index in [1.54, 1.807) is 30.8 Å². The summed E-state index contributed by atoms with van der Waals surface area (Å²) in [5.74, 6) is 0.416. The number of rotatable bonds is 8. The number of aryl methyl sites for hydroxylation is 1. The molecule has 10 nitrogen and oxygen atoms in total. The van der Waals surface area contributed by atoms with Crippen molar-refractivity contribution in [3.63, 3.8) is 0 Å². The van der Waals surface area contributed by atoms with E-state index in [1.807, 2.05) is 26.0 Å². The Labute approximate surface area is 230 Å². The Bertz CT molecular complexity index is 1090. The topological polar surface area (TPSA) is 138 Å². The molecule has 5 N–H and O–H groups in total. The predicted octanol–water partition coefficient (Wildman–Crippen LogP) is 4.56. The SMILES string of the molecule is CC.COc1cc2cc(c1)COc1ccc(NC(C)=O)cc1NC(=O)C(CCCCCC(=O)NO)NCCC2. The average Bonchev–Trinajstić information content (AvgIpc) is 2.93. The normalized spacial score (nSPS) is 15.2. The minimum absolute atomic E-state index is 0.199. The van der Waals surface area contributed by atoms with Gasteiger partial charge < -0.3 is 25.4 Å². The second-order valence-electron chi connectivity index (χ2n) is 9.10. The molecule has 1 atom stereocenters. The van der Waals surface area contributed by atoms with E-state index in [0.717, 1.165) is 42.6 Å². The summed E-state index contributed by atoms with van der Waals surface area (Å²) >= 11 is 0. The quantitative estimate of drug-likeness (QED) is 0.187. The van der Waals surface area contributed by atoms with Crippen molar-refractivity contribution in [2.45, 2.75) is 78.4 Å². The van der Waals surface area contributed by atoms with Crippen LogP contribution in [0.15, 0.2) is 36.4 Å². The Balaban J connectivity index is 0.00000260. The summed E-state index contributed by atoms with van der Waals surface area (Å²) in [5.41, 5.74) is 4.72. The number of hydroxylamine groups is 1. The van der Waals surface area contributed by atoms with Crippen LogP contribution >= 0.6 is 0 Å². The molecule has 0 spiro atoms. The maximum absolute atomic E-state index is 13.3. The number of ether oxygens (including phenoxy) is 2. The fourth-order valence-electron chi connectivity index (χ4n) is 4.25. The first kappa shape index (κ1) is 31.6. The van der Waals surface area contributed by atoms with E-state index >= 15 is 0 Å². The van der Waals surface area contributed by atoms with Crippen molar-refractivity contribution in [1.82, 2.24) is 10.8 Å². The van der Waals surface area contributed by atoms with Gasteiger partial charge in [0.1, 0.15) is 18.1 Å². The molecule has 39 heavy (non-hydrogen) atoms. The van der Waals surface area contributed by atoms with E-state index in [1.165, 1.54) is 6.92 Å². The summed E-state index contributed by atoms with van der Waals surface area (Å²) in [6.45, 7) is 6.36. The first-order valence-corrected chi connectivity index (χ1v) is 13.6. The fourth-order valence-corrected chi connectivity index (χ4v) is 4.25. The monoisotopic (exact) mass is 542 g/mol. The minimum Gasteiger partial charge on any atom is -0.497 e. The van der Waals surface area contributed by atoms with E-state index < -0.39 is 11.9 Å². The third-order valence-electron chi connectivity index (χ3n) is 6.08. The van der Waals surface area contributed by atoms with Crippen molar-refractivity contribution in [2.75, 3.05) is 24.3 Å². The van der Waals surface area contributed by atoms with Gasteiger partial charge in [0.25, 0.3) is 0 Å². The summed E-state index contributed by atoms with van der Waals surface area (Å²) in [5, 5.41) is 17.7. The number of anilines is 2. The van der Waals surface area contributed by atoms with Crippen molar-refractivity contribution in [1.29, 1.82) is 0 Å². The molecule has 0 saturated heterocycles. The number of carbonyl (C=O) groups is 3. The Morgan fingerprint density at radius 1 is 1.10 bits per heavy atom. The van der Waals surface area contributed by atoms with E-state index in [2.05, 4.69) is 22.0 Å². The van der Waals surface area contributed by atoms with Crippen LogP contribution in [0.1, 0.15) is 70.4 Å². The first-order valence-electron chi connectivity index (χ1n) is 13.6. The molecule has 3 amide bonds. The molecule has 10 heteroatoms. The van der Waals surface area contributed by atoms with Crippen LogP contribution in [0.25, 0.3) is 0 Å². The molecule has 1 aliphatic rings. The second kappa shape index (κ2) is 17.1. The minimum atomic E-state index is -0.451. The maximum Gasteiger partial charge on any atom is 0.243 e. The molecule has 0 saturated carbocycles. The summed E-state index contributed by atoms with van der Waals surface area (Å²) in [4.78, 5) is 36.1. The van der Waals surface area contributed by atoms with Crippen molar-refractivity contribution in [2.24, 2.45) is 0 Å². The largest absolute Gasteiger partial charge is 0.497 e. The van der Waals surface area contributed by atoms with Gasteiger partial charge in [-0.3, -0.25) is 19.6 Å². The van der Waals surface area contributed by atoms with Gasteiger partial charge in [-0.15, -0.1) is 0 Å². The number of nitrogens with one attached hydrogen (secondary N) is 4. The molecular formula is C29H42N4O6. The molecule has 1 unspecified atom stereocenters. The number of amides is 3. The smallest absolute Gasteiger partial charge is 0.243 e. The third-order valence-corrected chi connectivity index (χ3v) is 6.08. The Hall–Kier alpha value is -3.63. The van der Waals surface area contributed by atoms with Crippen LogP contribution in [0.5, 0.6) is 11.5 Å². The number of methoxy groups -OCH3 is 1. The van der Waals surface area contributed by atoms with E-state index in [9.17, 15) is 14.4 Å². The number of hydrogen-bond donors (Lipinski definition) is 5. The van der Waals surface area contributed by atoms with Crippen LogP contribution in [0.4, 0.5) is 11.4 Å². The standard InChI is InChI=1S/C27H36N4O6.C2H6/c1-18(32)29-21-10-11-25-24(16-21)30-27(34)23(8-4-3-5-9-26(33)31-35)28-12-6-7-19-13-20(17-37-25)15-22(14-19)36-2;1-2/h10-11,13-16,23,28,35H,3-9,12,17H2,1-2H3,(H,29,32)(H,30,34)(H,31,33);1-2H3. The molecule has 0 fully saturated rings. The van der Waals surface area contributed by atoms with Crippen LogP contribution < -0.4 is 30.9 Å². The predicted molar refractivity (Wildman–Crippen MR) is 151 cm³/mol. The first-order chi connectivity index (χ1) is 18.9. The van der Waals surface area contributed by atoms with Gasteiger partial charge in [0.05, 0.1) is 18.8 Å². The van der Waals surface area contributed by atoms with Crippen LogP contribution in [0, 0.1) is 0 Å². The van der Waals surface area contributed by atoms with E-state index in [0.29, 0.717) is 36.5 Å². The second-order valence-corrected chi connectivity index (χ2v) is 9.10. The third kappa shape index (κ3) is 10.9. The summed E-state index contributed by atoms with van der Waals surface area (Å²) in [6.07, 6.45) is 4.57. The molecular weight excluding hydrogens is 500 g/mol. The highest BCUT2D eigenvalue weighted by Gasteiger charge is 2.20. The summed E-state index contributed by atoms with van der Waals surface area (Å²) in [7, 11) is 1.64. The highest BCUT2D eigenvalue weighted by molar-refractivity contribution is 5.97. The van der Waals surface area contributed by atoms with Crippen LogP contribution in [0.3, 0.4) is 0 Å². The lowest BCUT2D eigenvalue weighted by Crippen LogP contribution is -2.41. The zero-order chi connectivity index (χ0) is 28.6. The molecule has 0 radical (unpaired) electrons. The van der Waals surface area contributed by atoms with Crippen LogP contribution in [-0.4, -0.2) is 42.6 Å². The molecule has 1 heterocycles. The van der Waals surface area contributed by atoms with Crippen molar-refractivity contribution in [3.05, 3.63) is 47.5 Å². The number of hydrogen-bond acceptors (Lipinski definition) is 7. The average molecular weight is 543 g/mol. The summed E-state index contributed by atoms with van der Waals surface area (Å²) < 4.78 is 11.6. The zero-order valence-electron chi connectivity index (χ0n) is 23.4. The van der Waals surface area contributed by atoms with Gasteiger partial charge in [0.15, 0.2) is 0 Å². The lowest BCUT2D eigenvalue weighted by atomic mass is 10.0. The number of carbonyl (C=O) groups excluding carboxylic acids is 3. The van der Waals surface area contributed by atoms with Crippen molar-refractivity contribution >= 4 is 29.1 Å². The molecule has 2 aromatic carbocycles. The van der Waals surface area contributed by atoms with Gasteiger partial charge >= 0.3 is 0 Å². The number of benzene rings is 2. The van der Waals surface area contributed by atoms with Gasteiger partial charge in [-0.25, -0.2) is 5.48 Å². The highest BCUT2D eigenvalue weighted by Crippen LogP contribution is 2.30. The Morgan fingerprint density at radius 2 is 1.87 bits per heavy atom. The molecule has 0 aromatic heterocycles. The van der Waals surface area contributed by atoms with Crippen LogP contribution in [-0.2, 0) is 27.4 Å².